The van der Waals surface area contributed by atoms with Gasteiger partial charge in [0.1, 0.15) is 11.6 Å². The number of piperazine rings is 1. The van der Waals surface area contributed by atoms with Gasteiger partial charge in [0.15, 0.2) is 0 Å². The molecule has 0 unspecified atom stereocenters. The molecule has 1 aliphatic rings. The molecule has 28 heavy (non-hydrogen) atoms. The van der Waals surface area contributed by atoms with E-state index in [0.29, 0.717) is 23.9 Å². The zero-order valence-electron chi connectivity index (χ0n) is 17.2. The van der Waals surface area contributed by atoms with E-state index in [-0.39, 0.29) is 11.7 Å². The fourth-order valence-electron chi connectivity index (χ4n) is 3.42. The molecule has 2 N–H and O–H groups in total. The van der Waals surface area contributed by atoms with Gasteiger partial charge in [0.2, 0.25) is 5.75 Å². The van der Waals surface area contributed by atoms with Crippen molar-refractivity contribution in [1.82, 2.24) is 19.8 Å². The summed E-state index contributed by atoms with van der Waals surface area (Å²) in [6.45, 7) is 11.3. The molecule has 0 aliphatic carbocycles. The molecule has 1 aromatic heterocycles. The number of aromatic amines is 1. The van der Waals surface area contributed by atoms with Crippen molar-refractivity contribution in [3.63, 3.8) is 0 Å². The molecule has 0 bridgehead atoms. The molecule has 0 saturated carbocycles. The molecule has 7 heteroatoms. The lowest BCUT2D eigenvalue weighted by atomic mass is 10.1. The lowest BCUT2D eigenvalue weighted by molar-refractivity contribution is 0.148. The summed E-state index contributed by atoms with van der Waals surface area (Å²) < 4.78 is 5.78. The van der Waals surface area contributed by atoms with Crippen molar-refractivity contribution in [2.45, 2.75) is 33.2 Å². The molecule has 2 heterocycles. The first-order valence-corrected chi connectivity index (χ1v) is 9.89. The van der Waals surface area contributed by atoms with Gasteiger partial charge >= 0.3 is 0 Å². The number of nitrogens with zero attached hydrogens (tertiary/aromatic N) is 3. The van der Waals surface area contributed by atoms with Crippen molar-refractivity contribution in [1.29, 1.82) is 0 Å². The van der Waals surface area contributed by atoms with Crippen LogP contribution in [0.3, 0.4) is 0 Å². The number of benzene rings is 1. The predicted molar refractivity (Wildman–Crippen MR) is 110 cm³/mol. The van der Waals surface area contributed by atoms with Gasteiger partial charge < -0.3 is 19.7 Å². The first kappa shape index (κ1) is 20.4. The highest BCUT2D eigenvalue weighted by molar-refractivity contribution is 5.65. The van der Waals surface area contributed by atoms with E-state index in [2.05, 4.69) is 32.9 Å². The van der Waals surface area contributed by atoms with Gasteiger partial charge in [-0.3, -0.25) is 9.69 Å². The summed E-state index contributed by atoms with van der Waals surface area (Å²) in [6.07, 6.45) is 0. The Kier molecular flexibility index (Phi) is 6.36. The SMILES string of the molecule is CCOc1ccc(CN2CCN(C)CC2)cc1-c1nc(C(C)C)c(O)c(=O)[nH]1. The van der Waals surface area contributed by atoms with Gasteiger partial charge in [-0.05, 0) is 37.6 Å². The molecule has 2 aromatic rings. The van der Waals surface area contributed by atoms with E-state index in [0.717, 1.165) is 43.9 Å². The quantitative estimate of drug-likeness (QED) is 0.793. The largest absolute Gasteiger partial charge is 0.502 e. The summed E-state index contributed by atoms with van der Waals surface area (Å²) in [5.74, 6) is 0.721. The van der Waals surface area contributed by atoms with Crippen molar-refractivity contribution in [3.8, 4) is 22.9 Å². The molecule has 0 atom stereocenters. The first-order chi connectivity index (χ1) is 13.4. The van der Waals surface area contributed by atoms with Crippen LogP contribution in [0.15, 0.2) is 23.0 Å². The minimum absolute atomic E-state index is 0.0647. The molecule has 1 aliphatic heterocycles. The highest BCUT2D eigenvalue weighted by atomic mass is 16.5. The first-order valence-electron chi connectivity index (χ1n) is 9.89. The summed E-state index contributed by atoms with van der Waals surface area (Å²) in [6, 6.07) is 6.03. The zero-order valence-corrected chi connectivity index (χ0v) is 17.2. The third kappa shape index (κ3) is 4.54. The molecule has 0 spiro atoms. The summed E-state index contributed by atoms with van der Waals surface area (Å²) in [5, 5.41) is 10.1. The highest BCUT2D eigenvalue weighted by Crippen LogP contribution is 2.31. The molecule has 152 valence electrons. The smallest absolute Gasteiger partial charge is 0.293 e. The normalized spacial score (nSPS) is 15.9. The molecular formula is C21H30N4O3. The number of hydrogen-bond acceptors (Lipinski definition) is 6. The fraction of sp³-hybridized carbons (Fsp3) is 0.524. The van der Waals surface area contributed by atoms with Crippen LogP contribution in [0.4, 0.5) is 0 Å². The number of rotatable bonds is 6. The van der Waals surface area contributed by atoms with Crippen LogP contribution in [-0.4, -0.2) is 64.7 Å². The van der Waals surface area contributed by atoms with Crippen LogP contribution < -0.4 is 10.3 Å². The van der Waals surface area contributed by atoms with Crippen LogP contribution in [0.25, 0.3) is 11.4 Å². The Balaban J connectivity index is 1.97. The van der Waals surface area contributed by atoms with Crippen molar-refractivity contribution in [3.05, 3.63) is 39.8 Å². The topological polar surface area (TPSA) is 81.7 Å². The molecule has 1 saturated heterocycles. The van der Waals surface area contributed by atoms with Crippen LogP contribution in [0, 0.1) is 0 Å². The minimum Gasteiger partial charge on any atom is -0.502 e. The van der Waals surface area contributed by atoms with Gasteiger partial charge in [-0.25, -0.2) is 4.98 Å². The fourth-order valence-corrected chi connectivity index (χ4v) is 3.42. The van der Waals surface area contributed by atoms with E-state index in [1.54, 1.807) is 0 Å². The Morgan fingerprint density at radius 2 is 1.96 bits per heavy atom. The second-order valence-corrected chi connectivity index (χ2v) is 7.65. The second-order valence-electron chi connectivity index (χ2n) is 7.65. The Bertz CT molecular complexity index is 870. The van der Waals surface area contributed by atoms with E-state index in [1.807, 2.05) is 32.9 Å². The number of H-pyrrole nitrogens is 1. The van der Waals surface area contributed by atoms with E-state index >= 15 is 0 Å². The Hall–Kier alpha value is -2.38. The molecular weight excluding hydrogens is 356 g/mol. The number of ether oxygens (including phenoxy) is 1. The monoisotopic (exact) mass is 386 g/mol. The number of aromatic hydroxyl groups is 1. The molecule has 7 nitrogen and oxygen atoms in total. The van der Waals surface area contributed by atoms with Crippen LogP contribution in [0.2, 0.25) is 0 Å². The van der Waals surface area contributed by atoms with Gasteiger partial charge in [0.25, 0.3) is 5.56 Å². The summed E-state index contributed by atoms with van der Waals surface area (Å²) >= 11 is 0. The number of aromatic nitrogens is 2. The van der Waals surface area contributed by atoms with E-state index in [1.165, 1.54) is 0 Å². The van der Waals surface area contributed by atoms with Crippen LogP contribution in [0.5, 0.6) is 11.5 Å². The van der Waals surface area contributed by atoms with Gasteiger partial charge in [-0.15, -0.1) is 0 Å². The van der Waals surface area contributed by atoms with Crippen molar-refractivity contribution in [2.24, 2.45) is 0 Å². The highest BCUT2D eigenvalue weighted by Gasteiger charge is 2.19. The number of nitrogens with one attached hydrogen (secondary N) is 1. The lowest BCUT2D eigenvalue weighted by Crippen LogP contribution is -2.43. The average Bonchev–Trinajstić information content (AvgIpc) is 2.67. The van der Waals surface area contributed by atoms with Crippen LogP contribution in [0.1, 0.15) is 37.9 Å². The average molecular weight is 386 g/mol. The molecule has 3 rings (SSSR count). The predicted octanol–water partition coefficient (Wildman–Crippen LogP) is 2.41. The third-order valence-corrected chi connectivity index (χ3v) is 5.07. The van der Waals surface area contributed by atoms with Crippen molar-refractivity contribution in [2.75, 3.05) is 39.8 Å². The molecule has 0 radical (unpaired) electrons. The maximum Gasteiger partial charge on any atom is 0.293 e. The zero-order chi connectivity index (χ0) is 20.3. The van der Waals surface area contributed by atoms with E-state index in [9.17, 15) is 9.90 Å². The third-order valence-electron chi connectivity index (χ3n) is 5.07. The Labute approximate surface area is 166 Å². The van der Waals surface area contributed by atoms with Gasteiger partial charge in [0.05, 0.1) is 17.9 Å². The molecule has 0 amide bonds. The summed E-state index contributed by atoms with van der Waals surface area (Å²) in [4.78, 5) is 24.2. The van der Waals surface area contributed by atoms with Crippen molar-refractivity contribution >= 4 is 0 Å². The molecule has 1 fully saturated rings. The Morgan fingerprint density at radius 1 is 1.25 bits per heavy atom. The molecule has 1 aromatic carbocycles. The van der Waals surface area contributed by atoms with Crippen LogP contribution >= 0.6 is 0 Å². The van der Waals surface area contributed by atoms with Crippen LogP contribution in [-0.2, 0) is 6.54 Å². The van der Waals surface area contributed by atoms with Gasteiger partial charge in [0, 0.05) is 32.7 Å². The number of likely N-dealkylation sites (N-methyl/N-ethyl adjacent to an activating group) is 1. The number of hydrogen-bond donors (Lipinski definition) is 2. The Morgan fingerprint density at radius 3 is 2.61 bits per heavy atom. The maximum absolute atomic E-state index is 12.2. The van der Waals surface area contributed by atoms with Gasteiger partial charge in [-0.2, -0.15) is 0 Å². The van der Waals surface area contributed by atoms with Crippen molar-refractivity contribution < 1.29 is 9.84 Å². The van der Waals surface area contributed by atoms with E-state index in [4.69, 9.17) is 4.74 Å². The van der Waals surface area contributed by atoms with E-state index < -0.39 is 5.56 Å². The maximum atomic E-state index is 12.2. The minimum atomic E-state index is -0.527. The standard InChI is InChI=1S/C21H30N4O3/c1-5-28-17-7-6-15(13-25-10-8-24(4)9-11-25)12-16(17)20-22-18(14(2)3)19(26)21(27)23-20/h6-7,12,14,26H,5,8-11,13H2,1-4H3,(H,22,23,27). The second kappa shape index (κ2) is 8.75. The summed E-state index contributed by atoms with van der Waals surface area (Å²) in [7, 11) is 2.14. The van der Waals surface area contributed by atoms with Gasteiger partial charge in [-0.1, -0.05) is 19.9 Å². The summed E-state index contributed by atoms with van der Waals surface area (Å²) in [5.41, 5.74) is 1.75. The lowest BCUT2D eigenvalue weighted by Gasteiger charge is -2.32.